The Bertz CT molecular complexity index is 550. The summed E-state index contributed by atoms with van der Waals surface area (Å²) in [4.78, 5) is 25.8. The summed E-state index contributed by atoms with van der Waals surface area (Å²) < 4.78 is 10.7. The molecule has 5 heteroatoms. The third kappa shape index (κ3) is 4.98. The highest BCUT2D eigenvalue weighted by Crippen LogP contribution is 2.19. The average molecular weight is 319 g/mol. The molecule has 1 fully saturated rings. The van der Waals surface area contributed by atoms with E-state index >= 15 is 0 Å². The van der Waals surface area contributed by atoms with E-state index in [1.165, 1.54) is 0 Å². The van der Waals surface area contributed by atoms with E-state index in [0.717, 1.165) is 24.0 Å². The Labute approximate surface area is 137 Å². The van der Waals surface area contributed by atoms with E-state index in [1.807, 2.05) is 26.0 Å². The molecule has 0 radical (unpaired) electrons. The average Bonchev–Trinajstić information content (AvgIpc) is 2.52. The molecule has 23 heavy (non-hydrogen) atoms. The molecule has 1 saturated heterocycles. The predicted molar refractivity (Wildman–Crippen MR) is 87.3 cm³/mol. The molecule has 1 aliphatic rings. The maximum atomic E-state index is 12.3. The third-order valence-electron chi connectivity index (χ3n) is 3.95. The molecule has 1 aliphatic heterocycles. The van der Waals surface area contributed by atoms with E-state index in [-0.39, 0.29) is 24.4 Å². The number of nitrogens with zero attached hydrogens (tertiary/aromatic N) is 1. The fraction of sp³-hybridized carbons (Fsp3) is 0.556. The lowest BCUT2D eigenvalue weighted by molar-refractivity contribution is -0.151. The number of hydrogen-bond acceptors (Lipinski definition) is 4. The summed E-state index contributed by atoms with van der Waals surface area (Å²) in [6, 6.07) is 5.89. The summed E-state index contributed by atoms with van der Waals surface area (Å²) in [5.74, 6) is 0.196. The first-order valence-corrected chi connectivity index (χ1v) is 8.15. The van der Waals surface area contributed by atoms with Gasteiger partial charge in [-0.25, -0.2) is 0 Å². The zero-order valence-corrected chi connectivity index (χ0v) is 14.1. The largest absolute Gasteiger partial charge is 0.484 e. The van der Waals surface area contributed by atoms with Crippen LogP contribution in [0.15, 0.2) is 18.2 Å². The number of carbonyl (C=O) groups excluding carboxylic acids is 2. The number of benzene rings is 1. The van der Waals surface area contributed by atoms with Crippen molar-refractivity contribution in [2.75, 3.05) is 26.3 Å². The Hall–Kier alpha value is -2.04. The normalized spacial score (nSPS) is 17.7. The van der Waals surface area contributed by atoms with Gasteiger partial charge in [0.2, 0.25) is 0 Å². The van der Waals surface area contributed by atoms with Crippen LogP contribution in [0, 0.1) is 19.8 Å². The molecular formula is C18H25NO4. The van der Waals surface area contributed by atoms with Crippen LogP contribution < -0.4 is 4.74 Å². The number of amides is 1. The van der Waals surface area contributed by atoms with Crippen molar-refractivity contribution >= 4 is 11.9 Å². The van der Waals surface area contributed by atoms with Gasteiger partial charge in [0.15, 0.2) is 6.61 Å². The first-order valence-electron chi connectivity index (χ1n) is 8.15. The summed E-state index contributed by atoms with van der Waals surface area (Å²) in [7, 11) is 0. The lowest BCUT2D eigenvalue weighted by Gasteiger charge is -2.31. The second-order valence-corrected chi connectivity index (χ2v) is 6.04. The standard InChI is InChI=1S/C18H25NO4/c1-4-22-18(21)15-6-5-7-19(11-15)17(20)12-23-16-9-13(2)8-14(3)10-16/h8-10,15H,4-7,11-12H2,1-3H3/t15-/m0/s1. The molecule has 1 atom stereocenters. The minimum absolute atomic E-state index is 0.00155. The van der Waals surface area contributed by atoms with Crippen LogP contribution in [0.4, 0.5) is 0 Å². The van der Waals surface area contributed by atoms with Gasteiger partial charge in [-0.3, -0.25) is 9.59 Å². The quantitative estimate of drug-likeness (QED) is 0.783. The second kappa shape index (κ2) is 7.99. The molecule has 1 heterocycles. The van der Waals surface area contributed by atoms with Crippen molar-refractivity contribution in [2.45, 2.75) is 33.6 Å². The van der Waals surface area contributed by atoms with Gasteiger partial charge in [0.1, 0.15) is 5.75 Å². The highest BCUT2D eigenvalue weighted by Gasteiger charge is 2.29. The van der Waals surface area contributed by atoms with Crippen LogP contribution in [0.2, 0.25) is 0 Å². The van der Waals surface area contributed by atoms with Crippen molar-refractivity contribution in [3.63, 3.8) is 0 Å². The van der Waals surface area contributed by atoms with Crippen LogP contribution in [0.5, 0.6) is 5.75 Å². The predicted octanol–water partition coefficient (Wildman–Crippen LogP) is 2.48. The van der Waals surface area contributed by atoms with Crippen LogP contribution in [-0.4, -0.2) is 43.1 Å². The van der Waals surface area contributed by atoms with Gasteiger partial charge in [-0.1, -0.05) is 6.07 Å². The molecule has 126 valence electrons. The number of aryl methyl sites for hydroxylation is 2. The number of ether oxygens (including phenoxy) is 2. The second-order valence-electron chi connectivity index (χ2n) is 6.04. The monoisotopic (exact) mass is 319 g/mol. The third-order valence-corrected chi connectivity index (χ3v) is 3.95. The Balaban J connectivity index is 1.88. The van der Waals surface area contributed by atoms with Gasteiger partial charge in [0, 0.05) is 13.1 Å². The van der Waals surface area contributed by atoms with Crippen LogP contribution in [0.3, 0.4) is 0 Å². The van der Waals surface area contributed by atoms with Gasteiger partial charge in [0.05, 0.1) is 12.5 Å². The lowest BCUT2D eigenvalue weighted by atomic mass is 9.98. The highest BCUT2D eigenvalue weighted by atomic mass is 16.5. The smallest absolute Gasteiger partial charge is 0.310 e. The molecule has 0 N–H and O–H groups in total. The Morgan fingerprint density at radius 3 is 2.57 bits per heavy atom. The van der Waals surface area contributed by atoms with E-state index < -0.39 is 0 Å². The van der Waals surface area contributed by atoms with Gasteiger partial charge >= 0.3 is 5.97 Å². The zero-order valence-electron chi connectivity index (χ0n) is 14.1. The molecule has 2 rings (SSSR count). The van der Waals surface area contributed by atoms with E-state index in [4.69, 9.17) is 9.47 Å². The lowest BCUT2D eigenvalue weighted by Crippen LogP contribution is -2.44. The molecule has 5 nitrogen and oxygen atoms in total. The zero-order chi connectivity index (χ0) is 16.8. The molecule has 1 aromatic carbocycles. The molecule has 0 spiro atoms. The minimum atomic E-state index is -0.214. The first-order chi connectivity index (χ1) is 11.0. The van der Waals surface area contributed by atoms with Gasteiger partial charge in [-0.2, -0.15) is 0 Å². The molecule has 0 aliphatic carbocycles. The highest BCUT2D eigenvalue weighted by molar-refractivity contribution is 5.79. The van der Waals surface area contributed by atoms with Crippen molar-refractivity contribution in [3.8, 4) is 5.75 Å². The fourth-order valence-corrected chi connectivity index (χ4v) is 2.91. The molecular weight excluding hydrogens is 294 g/mol. The molecule has 0 bridgehead atoms. The van der Waals surface area contributed by atoms with Crippen LogP contribution >= 0.6 is 0 Å². The summed E-state index contributed by atoms with van der Waals surface area (Å²) in [5.41, 5.74) is 2.21. The number of esters is 1. The van der Waals surface area contributed by atoms with E-state index in [9.17, 15) is 9.59 Å². The van der Waals surface area contributed by atoms with Crippen molar-refractivity contribution < 1.29 is 19.1 Å². The maximum absolute atomic E-state index is 12.3. The molecule has 1 aromatic rings. The number of carbonyl (C=O) groups is 2. The maximum Gasteiger partial charge on any atom is 0.310 e. The number of likely N-dealkylation sites (tertiary alicyclic amines) is 1. The number of piperidine rings is 1. The van der Waals surface area contributed by atoms with E-state index in [2.05, 4.69) is 6.07 Å². The minimum Gasteiger partial charge on any atom is -0.484 e. The number of hydrogen-bond donors (Lipinski definition) is 0. The molecule has 1 amide bonds. The summed E-state index contributed by atoms with van der Waals surface area (Å²) in [5, 5.41) is 0. The Morgan fingerprint density at radius 2 is 1.91 bits per heavy atom. The van der Waals surface area contributed by atoms with Gasteiger partial charge in [-0.05, 0) is 56.9 Å². The summed E-state index contributed by atoms with van der Waals surface area (Å²) in [6.07, 6.45) is 1.60. The van der Waals surface area contributed by atoms with Crippen LogP contribution in [-0.2, 0) is 14.3 Å². The van der Waals surface area contributed by atoms with Crippen molar-refractivity contribution in [3.05, 3.63) is 29.3 Å². The molecule has 0 saturated carbocycles. The van der Waals surface area contributed by atoms with Crippen molar-refractivity contribution in [1.29, 1.82) is 0 Å². The number of rotatable bonds is 5. The Morgan fingerprint density at radius 1 is 1.22 bits per heavy atom. The molecule has 0 unspecified atom stereocenters. The van der Waals surface area contributed by atoms with Gasteiger partial charge in [0.25, 0.3) is 5.91 Å². The topological polar surface area (TPSA) is 55.8 Å². The van der Waals surface area contributed by atoms with Crippen LogP contribution in [0.25, 0.3) is 0 Å². The first kappa shape index (κ1) is 17.3. The summed E-state index contributed by atoms with van der Waals surface area (Å²) in [6.45, 7) is 7.25. The van der Waals surface area contributed by atoms with Gasteiger partial charge in [-0.15, -0.1) is 0 Å². The van der Waals surface area contributed by atoms with E-state index in [0.29, 0.717) is 25.4 Å². The summed E-state index contributed by atoms with van der Waals surface area (Å²) >= 11 is 0. The Kier molecular flexibility index (Phi) is 6.02. The molecule has 0 aromatic heterocycles. The van der Waals surface area contributed by atoms with Crippen molar-refractivity contribution in [1.82, 2.24) is 4.90 Å². The van der Waals surface area contributed by atoms with Crippen LogP contribution in [0.1, 0.15) is 30.9 Å². The van der Waals surface area contributed by atoms with Crippen molar-refractivity contribution in [2.24, 2.45) is 5.92 Å². The SMILES string of the molecule is CCOC(=O)[C@H]1CCCN(C(=O)COc2cc(C)cc(C)c2)C1. The van der Waals surface area contributed by atoms with Gasteiger partial charge < -0.3 is 14.4 Å². The fourth-order valence-electron chi connectivity index (χ4n) is 2.91. The van der Waals surface area contributed by atoms with E-state index in [1.54, 1.807) is 11.8 Å².